The van der Waals surface area contributed by atoms with Crippen LogP contribution in [0.3, 0.4) is 0 Å². The van der Waals surface area contributed by atoms with Crippen LogP contribution in [0.2, 0.25) is 0 Å². The lowest BCUT2D eigenvalue weighted by Gasteiger charge is -2.18. The van der Waals surface area contributed by atoms with E-state index < -0.39 is 26.7 Å². The van der Waals surface area contributed by atoms with Crippen LogP contribution in [0, 0.1) is 5.82 Å². The molecule has 35 heavy (non-hydrogen) atoms. The van der Waals surface area contributed by atoms with Crippen molar-refractivity contribution in [1.82, 2.24) is 29.7 Å². The molecule has 1 aromatic carbocycles. The summed E-state index contributed by atoms with van der Waals surface area (Å²) >= 11 is 0. The summed E-state index contributed by atoms with van der Waals surface area (Å²) in [5, 5.41) is 7.60. The average Bonchev–Trinajstić information content (AvgIpc) is 3.27. The highest BCUT2D eigenvalue weighted by molar-refractivity contribution is 7.91. The molecule has 0 saturated carbocycles. The van der Waals surface area contributed by atoms with Crippen LogP contribution in [0.15, 0.2) is 55.0 Å². The van der Waals surface area contributed by atoms with Gasteiger partial charge in [0.25, 0.3) is 0 Å². The van der Waals surface area contributed by atoms with Crippen LogP contribution in [-0.4, -0.2) is 57.6 Å². The third kappa shape index (κ3) is 5.11. The Kier molecular flexibility index (Phi) is 7.01. The number of methoxy groups -OCH3 is 2. The van der Waals surface area contributed by atoms with E-state index in [1.165, 1.54) is 14.2 Å². The molecule has 0 amide bonds. The van der Waals surface area contributed by atoms with E-state index in [2.05, 4.69) is 25.1 Å². The molecule has 10 nitrogen and oxygen atoms in total. The summed E-state index contributed by atoms with van der Waals surface area (Å²) in [5.41, 5.74) is 0.937. The number of sulfone groups is 1. The number of rotatable bonds is 9. The van der Waals surface area contributed by atoms with Crippen LogP contribution in [0.5, 0.6) is 11.5 Å². The van der Waals surface area contributed by atoms with Crippen LogP contribution in [-0.2, 0) is 22.0 Å². The molecule has 3 heterocycles. The zero-order valence-electron chi connectivity index (χ0n) is 19.3. The number of halogens is 1. The predicted octanol–water partition coefficient (Wildman–Crippen LogP) is 2.82. The van der Waals surface area contributed by atoms with Gasteiger partial charge in [-0.05, 0) is 31.2 Å². The van der Waals surface area contributed by atoms with Crippen molar-refractivity contribution in [3.05, 3.63) is 72.5 Å². The molecule has 0 fully saturated rings. The Morgan fingerprint density at radius 1 is 0.971 bits per heavy atom. The van der Waals surface area contributed by atoms with E-state index in [4.69, 9.17) is 9.47 Å². The van der Waals surface area contributed by atoms with Gasteiger partial charge in [0.05, 0.1) is 31.9 Å². The van der Waals surface area contributed by atoms with E-state index in [1.54, 1.807) is 54.1 Å². The number of ether oxygens (including phenoxy) is 2. The van der Waals surface area contributed by atoms with Crippen LogP contribution >= 0.6 is 0 Å². The first kappa shape index (κ1) is 24.2. The number of nitrogens with zero attached hydrogens (tertiary/aromatic N) is 6. The number of hydrogen-bond donors (Lipinski definition) is 0. The van der Waals surface area contributed by atoms with E-state index in [0.29, 0.717) is 28.7 Å². The van der Waals surface area contributed by atoms with Crippen LogP contribution in [0.4, 0.5) is 4.39 Å². The Morgan fingerprint density at radius 2 is 1.66 bits per heavy atom. The molecule has 0 spiro atoms. The molecule has 0 aliphatic heterocycles. The molecule has 0 bridgehead atoms. The molecule has 0 saturated heterocycles. The van der Waals surface area contributed by atoms with E-state index in [1.807, 2.05) is 0 Å². The van der Waals surface area contributed by atoms with Gasteiger partial charge in [-0.15, -0.1) is 10.2 Å². The smallest absolute Gasteiger partial charge is 0.187 e. The normalized spacial score (nSPS) is 12.3. The summed E-state index contributed by atoms with van der Waals surface area (Å²) in [5.74, 6) is 0.555. The highest BCUT2D eigenvalue weighted by Gasteiger charge is 2.29. The van der Waals surface area contributed by atoms with Gasteiger partial charge >= 0.3 is 0 Å². The van der Waals surface area contributed by atoms with Gasteiger partial charge in [0.15, 0.2) is 27.3 Å². The van der Waals surface area contributed by atoms with Gasteiger partial charge in [-0.2, -0.15) is 0 Å². The van der Waals surface area contributed by atoms with Gasteiger partial charge in [0, 0.05) is 12.6 Å². The highest BCUT2D eigenvalue weighted by Crippen LogP contribution is 2.36. The summed E-state index contributed by atoms with van der Waals surface area (Å²) in [4.78, 5) is 12.1. The molecule has 0 aliphatic carbocycles. The maximum atomic E-state index is 13.3. The molecule has 1 atom stereocenters. The molecule has 0 aliphatic rings. The molecule has 3 aromatic heterocycles. The fourth-order valence-electron chi connectivity index (χ4n) is 3.51. The molecule has 12 heteroatoms. The summed E-state index contributed by atoms with van der Waals surface area (Å²) in [6, 6.07) is 10.5. The van der Waals surface area contributed by atoms with Crippen molar-refractivity contribution in [2.45, 2.75) is 24.3 Å². The lowest BCUT2D eigenvalue weighted by atomic mass is 10.2. The number of hydrogen-bond acceptors (Lipinski definition) is 9. The minimum absolute atomic E-state index is 0.0157. The zero-order chi connectivity index (χ0) is 25.0. The molecule has 182 valence electrons. The third-order valence-corrected chi connectivity index (χ3v) is 7.39. The second-order valence-electron chi connectivity index (χ2n) is 7.64. The van der Waals surface area contributed by atoms with E-state index in [0.717, 1.165) is 12.4 Å². The first-order valence-corrected chi connectivity index (χ1v) is 12.3. The first-order valence-electron chi connectivity index (χ1n) is 10.6. The van der Waals surface area contributed by atoms with Gasteiger partial charge in [0.2, 0.25) is 0 Å². The second kappa shape index (κ2) is 10.1. The average molecular weight is 499 g/mol. The Labute approximate surface area is 201 Å². The topological polar surface area (TPSA) is 122 Å². The van der Waals surface area contributed by atoms with Crippen LogP contribution in [0.25, 0.3) is 17.2 Å². The van der Waals surface area contributed by atoms with Crippen molar-refractivity contribution in [3.63, 3.8) is 0 Å². The molecule has 0 unspecified atom stereocenters. The molecule has 4 aromatic rings. The first-order chi connectivity index (χ1) is 16.8. The van der Waals surface area contributed by atoms with Crippen molar-refractivity contribution in [3.8, 4) is 28.7 Å². The standard InChI is InChI=1S/C23H23FN6O4S/c1-15(11-20-26-12-16(24)13-27-20)35(31,32)14-21-28-29-23(17-7-4-5-10-25-17)30(21)22-18(33-2)8-6-9-19(22)34-3/h4-10,12-13,15H,11,14H2,1-3H3/t15-/m0/s1. The van der Waals surface area contributed by atoms with E-state index >= 15 is 0 Å². The quantitative estimate of drug-likeness (QED) is 0.343. The van der Waals surface area contributed by atoms with Crippen molar-refractivity contribution in [1.29, 1.82) is 0 Å². The van der Waals surface area contributed by atoms with Gasteiger partial charge in [0.1, 0.15) is 34.5 Å². The van der Waals surface area contributed by atoms with Crippen LogP contribution < -0.4 is 9.47 Å². The number of aromatic nitrogens is 6. The lowest BCUT2D eigenvalue weighted by Crippen LogP contribution is -2.24. The van der Waals surface area contributed by atoms with Crippen molar-refractivity contribution >= 4 is 9.84 Å². The van der Waals surface area contributed by atoms with E-state index in [-0.39, 0.29) is 18.1 Å². The zero-order valence-corrected chi connectivity index (χ0v) is 20.1. The number of para-hydroxylation sites is 1. The molecule has 0 N–H and O–H groups in total. The minimum Gasteiger partial charge on any atom is -0.494 e. The maximum absolute atomic E-state index is 13.3. The monoisotopic (exact) mass is 498 g/mol. The number of pyridine rings is 1. The predicted molar refractivity (Wildman–Crippen MR) is 125 cm³/mol. The molecule has 4 rings (SSSR count). The molecule has 0 radical (unpaired) electrons. The Morgan fingerprint density at radius 3 is 2.26 bits per heavy atom. The summed E-state index contributed by atoms with van der Waals surface area (Å²) < 4.78 is 52.5. The van der Waals surface area contributed by atoms with Crippen LogP contribution in [0.1, 0.15) is 18.6 Å². The summed E-state index contributed by atoms with van der Waals surface area (Å²) in [7, 11) is -0.751. The lowest BCUT2D eigenvalue weighted by molar-refractivity contribution is 0.390. The van der Waals surface area contributed by atoms with Crippen molar-refractivity contribution in [2.75, 3.05) is 14.2 Å². The third-order valence-electron chi connectivity index (χ3n) is 5.34. The highest BCUT2D eigenvalue weighted by atomic mass is 32.2. The SMILES string of the molecule is COc1cccc(OC)c1-n1c(CS(=O)(=O)[C@@H](C)Cc2ncc(F)cn2)nnc1-c1ccccn1. The van der Waals surface area contributed by atoms with Gasteiger partial charge in [-0.3, -0.25) is 9.55 Å². The minimum atomic E-state index is -3.76. The van der Waals surface area contributed by atoms with Crippen molar-refractivity contribution < 1.29 is 22.3 Å². The molecular weight excluding hydrogens is 475 g/mol. The summed E-state index contributed by atoms with van der Waals surface area (Å²) in [6.07, 6.45) is 3.63. The Hall–Kier alpha value is -3.93. The molecular formula is C23H23FN6O4S. The Bertz CT molecular complexity index is 1390. The van der Waals surface area contributed by atoms with Gasteiger partial charge in [-0.1, -0.05) is 12.1 Å². The van der Waals surface area contributed by atoms with Crippen molar-refractivity contribution in [2.24, 2.45) is 0 Å². The summed E-state index contributed by atoms with van der Waals surface area (Å²) in [6.45, 7) is 1.55. The van der Waals surface area contributed by atoms with E-state index in [9.17, 15) is 12.8 Å². The second-order valence-corrected chi connectivity index (χ2v) is 10.1. The van der Waals surface area contributed by atoms with Gasteiger partial charge < -0.3 is 9.47 Å². The number of benzene rings is 1. The van der Waals surface area contributed by atoms with Gasteiger partial charge in [-0.25, -0.2) is 22.8 Å². The fourth-order valence-corrected chi connectivity index (χ4v) is 4.74. The largest absolute Gasteiger partial charge is 0.494 e. The Balaban J connectivity index is 1.79. The fraction of sp³-hybridized carbons (Fsp3) is 0.261. The maximum Gasteiger partial charge on any atom is 0.187 e.